The molecule has 132 valence electrons. The van der Waals surface area contributed by atoms with Crippen molar-refractivity contribution in [1.29, 1.82) is 0 Å². The predicted octanol–water partition coefficient (Wildman–Crippen LogP) is 3.64. The molecule has 1 aromatic heterocycles. The lowest BCUT2D eigenvalue weighted by Gasteiger charge is -2.09. The first kappa shape index (κ1) is 17.6. The number of nitrogens with zero attached hydrogens (tertiary/aromatic N) is 2. The third-order valence-corrected chi connectivity index (χ3v) is 4.31. The SMILES string of the molecule is Cc1ccccc1CNC(=O)c1cnc(NCc2ccccc2C)cn1. The van der Waals surface area contributed by atoms with Gasteiger partial charge in [-0.25, -0.2) is 9.97 Å². The van der Waals surface area contributed by atoms with Crippen molar-refractivity contribution in [3.05, 3.63) is 88.9 Å². The number of aryl methyl sites for hydroxylation is 2. The molecule has 0 bridgehead atoms. The van der Waals surface area contributed by atoms with Crippen molar-refractivity contribution in [2.24, 2.45) is 0 Å². The first-order valence-corrected chi connectivity index (χ1v) is 8.56. The Labute approximate surface area is 153 Å². The van der Waals surface area contributed by atoms with Gasteiger partial charge in [0.25, 0.3) is 5.91 Å². The second-order valence-corrected chi connectivity index (χ2v) is 6.18. The highest BCUT2D eigenvalue weighted by atomic mass is 16.1. The minimum absolute atomic E-state index is 0.230. The molecule has 0 unspecified atom stereocenters. The molecule has 1 heterocycles. The van der Waals surface area contributed by atoms with Gasteiger partial charge in [-0.15, -0.1) is 0 Å². The van der Waals surface area contributed by atoms with Gasteiger partial charge in [0.15, 0.2) is 0 Å². The van der Waals surface area contributed by atoms with Gasteiger partial charge in [-0.05, 0) is 36.1 Å². The minimum atomic E-state index is -0.230. The van der Waals surface area contributed by atoms with Crippen LogP contribution in [0.4, 0.5) is 5.82 Å². The van der Waals surface area contributed by atoms with Crippen molar-refractivity contribution in [3.8, 4) is 0 Å². The van der Waals surface area contributed by atoms with E-state index in [1.165, 1.54) is 17.3 Å². The largest absolute Gasteiger partial charge is 0.365 e. The van der Waals surface area contributed by atoms with Crippen molar-refractivity contribution in [1.82, 2.24) is 15.3 Å². The van der Waals surface area contributed by atoms with Crippen LogP contribution in [0, 0.1) is 13.8 Å². The molecule has 0 aliphatic heterocycles. The van der Waals surface area contributed by atoms with Gasteiger partial charge in [-0.1, -0.05) is 48.5 Å². The molecule has 0 saturated carbocycles. The Bertz CT molecular complexity index is 891. The van der Waals surface area contributed by atoms with Gasteiger partial charge in [0.2, 0.25) is 0 Å². The van der Waals surface area contributed by atoms with Crippen LogP contribution in [0.2, 0.25) is 0 Å². The van der Waals surface area contributed by atoms with Crippen LogP contribution in [0.5, 0.6) is 0 Å². The molecule has 0 spiro atoms. The summed E-state index contributed by atoms with van der Waals surface area (Å²) >= 11 is 0. The Hall–Kier alpha value is -3.21. The smallest absolute Gasteiger partial charge is 0.271 e. The van der Waals surface area contributed by atoms with E-state index in [1.54, 1.807) is 6.20 Å². The molecule has 5 heteroatoms. The van der Waals surface area contributed by atoms with E-state index in [4.69, 9.17) is 0 Å². The zero-order valence-electron chi connectivity index (χ0n) is 15.0. The van der Waals surface area contributed by atoms with Gasteiger partial charge >= 0.3 is 0 Å². The van der Waals surface area contributed by atoms with Gasteiger partial charge in [-0.2, -0.15) is 0 Å². The molecule has 1 amide bonds. The normalized spacial score (nSPS) is 10.4. The van der Waals surface area contributed by atoms with Gasteiger partial charge in [0, 0.05) is 13.1 Å². The van der Waals surface area contributed by atoms with E-state index < -0.39 is 0 Å². The van der Waals surface area contributed by atoms with Gasteiger partial charge < -0.3 is 10.6 Å². The summed E-state index contributed by atoms with van der Waals surface area (Å²) in [4.78, 5) is 20.7. The van der Waals surface area contributed by atoms with Crippen LogP contribution in [-0.4, -0.2) is 15.9 Å². The number of hydrogen-bond donors (Lipinski definition) is 2. The number of amides is 1. The minimum Gasteiger partial charge on any atom is -0.365 e. The molecule has 3 rings (SSSR count). The fourth-order valence-electron chi connectivity index (χ4n) is 2.61. The van der Waals surface area contributed by atoms with Crippen molar-refractivity contribution < 1.29 is 4.79 Å². The molecule has 0 saturated heterocycles. The first-order valence-electron chi connectivity index (χ1n) is 8.56. The molecule has 0 radical (unpaired) electrons. The average Bonchev–Trinajstić information content (AvgIpc) is 2.67. The maximum absolute atomic E-state index is 12.2. The Morgan fingerprint density at radius 3 is 2.04 bits per heavy atom. The summed E-state index contributed by atoms with van der Waals surface area (Å²) in [5, 5.41) is 6.11. The number of aromatic nitrogens is 2. The van der Waals surface area contributed by atoms with Crippen LogP contribution < -0.4 is 10.6 Å². The van der Waals surface area contributed by atoms with Crippen LogP contribution in [0.25, 0.3) is 0 Å². The van der Waals surface area contributed by atoms with E-state index in [-0.39, 0.29) is 5.91 Å². The van der Waals surface area contributed by atoms with Gasteiger partial charge in [-0.3, -0.25) is 4.79 Å². The first-order chi connectivity index (χ1) is 12.6. The average molecular weight is 346 g/mol. The monoisotopic (exact) mass is 346 g/mol. The van der Waals surface area contributed by atoms with Gasteiger partial charge in [0.1, 0.15) is 11.5 Å². The van der Waals surface area contributed by atoms with Crippen LogP contribution in [0.1, 0.15) is 32.7 Å². The second-order valence-electron chi connectivity index (χ2n) is 6.18. The predicted molar refractivity (Wildman–Crippen MR) is 103 cm³/mol. The standard InChI is InChI=1S/C21H22N4O/c1-15-7-3-5-9-17(15)11-23-20-14-22-19(13-24-20)21(26)25-12-18-10-6-4-8-16(18)2/h3-10,13-14H,11-12H2,1-2H3,(H,23,24)(H,25,26). The van der Waals surface area contributed by atoms with E-state index >= 15 is 0 Å². The summed E-state index contributed by atoms with van der Waals surface area (Å²) in [7, 11) is 0. The molecule has 2 aromatic carbocycles. The van der Waals surface area contributed by atoms with Gasteiger partial charge in [0.05, 0.1) is 12.4 Å². The topological polar surface area (TPSA) is 66.9 Å². The number of nitrogens with one attached hydrogen (secondary N) is 2. The van der Waals surface area contributed by atoms with E-state index in [2.05, 4.69) is 39.7 Å². The zero-order chi connectivity index (χ0) is 18.4. The summed E-state index contributed by atoms with van der Waals surface area (Å²) in [6.07, 6.45) is 3.08. The lowest BCUT2D eigenvalue weighted by atomic mass is 10.1. The summed E-state index contributed by atoms with van der Waals surface area (Å²) in [6, 6.07) is 16.1. The lowest BCUT2D eigenvalue weighted by molar-refractivity contribution is 0.0945. The van der Waals surface area contributed by atoms with Crippen molar-refractivity contribution >= 4 is 11.7 Å². The van der Waals surface area contributed by atoms with Crippen LogP contribution in [-0.2, 0) is 13.1 Å². The molecule has 26 heavy (non-hydrogen) atoms. The maximum Gasteiger partial charge on any atom is 0.271 e. The fraction of sp³-hybridized carbons (Fsp3) is 0.190. The van der Waals surface area contributed by atoms with E-state index in [0.29, 0.717) is 24.6 Å². The Morgan fingerprint density at radius 2 is 1.46 bits per heavy atom. The third-order valence-electron chi connectivity index (χ3n) is 4.31. The summed E-state index contributed by atoms with van der Waals surface area (Å²) in [5.41, 5.74) is 4.97. The van der Waals surface area contributed by atoms with Crippen molar-refractivity contribution in [2.75, 3.05) is 5.32 Å². The molecular weight excluding hydrogens is 324 g/mol. The Balaban J connectivity index is 1.56. The summed E-state index contributed by atoms with van der Waals surface area (Å²) in [6.45, 7) is 5.24. The van der Waals surface area contributed by atoms with Crippen LogP contribution in [0.15, 0.2) is 60.9 Å². The maximum atomic E-state index is 12.2. The van der Waals surface area contributed by atoms with E-state index in [9.17, 15) is 4.79 Å². The highest BCUT2D eigenvalue weighted by molar-refractivity contribution is 5.91. The number of anilines is 1. The molecule has 0 aliphatic rings. The molecular formula is C21H22N4O. The molecule has 0 fully saturated rings. The number of carbonyl (C=O) groups is 1. The van der Waals surface area contributed by atoms with E-state index in [1.807, 2.05) is 43.3 Å². The van der Waals surface area contributed by atoms with Crippen molar-refractivity contribution in [3.63, 3.8) is 0 Å². The van der Waals surface area contributed by atoms with Crippen molar-refractivity contribution in [2.45, 2.75) is 26.9 Å². The lowest BCUT2D eigenvalue weighted by Crippen LogP contribution is -2.24. The highest BCUT2D eigenvalue weighted by Crippen LogP contribution is 2.10. The van der Waals surface area contributed by atoms with Crippen LogP contribution >= 0.6 is 0 Å². The van der Waals surface area contributed by atoms with E-state index in [0.717, 1.165) is 11.1 Å². The number of rotatable bonds is 6. The Morgan fingerprint density at radius 1 is 0.846 bits per heavy atom. The summed E-state index contributed by atoms with van der Waals surface area (Å²) in [5.74, 6) is 0.412. The molecule has 3 aromatic rings. The third kappa shape index (κ3) is 4.45. The number of hydrogen-bond acceptors (Lipinski definition) is 4. The summed E-state index contributed by atoms with van der Waals surface area (Å²) < 4.78 is 0. The van der Waals surface area contributed by atoms with Crippen LogP contribution in [0.3, 0.4) is 0 Å². The molecule has 0 atom stereocenters. The fourth-order valence-corrected chi connectivity index (χ4v) is 2.61. The zero-order valence-corrected chi connectivity index (χ0v) is 15.0. The quantitative estimate of drug-likeness (QED) is 0.715. The number of carbonyl (C=O) groups excluding carboxylic acids is 1. The Kier molecular flexibility index (Phi) is 5.59. The molecule has 0 aliphatic carbocycles. The molecule has 5 nitrogen and oxygen atoms in total. The number of benzene rings is 2. The molecule has 2 N–H and O–H groups in total. The highest BCUT2D eigenvalue weighted by Gasteiger charge is 2.08. The second kappa shape index (κ2) is 8.25.